The van der Waals surface area contributed by atoms with Gasteiger partial charge in [0.2, 0.25) is 0 Å². The van der Waals surface area contributed by atoms with Gasteiger partial charge in [0, 0.05) is 18.3 Å². The first kappa shape index (κ1) is 19.5. The van der Waals surface area contributed by atoms with Crippen LogP contribution in [0.15, 0.2) is 24.3 Å². The van der Waals surface area contributed by atoms with Crippen molar-refractivity contribution in [1.82, 2.24) is 15.5 Å². The molecule has 3 rings (SSSR count). The van der Waals surface area contributed by atoms with Gasteiger partial charge in [0.25, 0.3) is 0 Å². The summed E-state index contributed by atoms with van der Waals surface area (Å²) in [6.45, 7) is 9.08. The van der Waals surface area contributed by atoms with Gasteiger partial charge in [-0.1, -0.05) is 12.1 Å². The van der Waals surface area contributed by atoms with Gasteiger partial charge in [-0.3, -0.25) is 0 Å². The Morgan fingerprint density at radius 1 is 1.22 bits per heavy atom. The molecule has 2 aliphatic rings. The number of carbonyl (C=O) groups is 2. The van der Waals surface area contributed by atoms with Crippen LogP contribution in [-0.4, -0.2) is 47.8 Å². The number of amides is 4. The van der Waals surface area contributed by atoms with E-state index in [2.05, 4.69) is 16.0 Å². The molecule has 7 heteroatoms. The molecule has 1 aromatic rings. The fraction of sp³-hybridized carbons (Fsp3) is 0.600. The number of benzene rings is 1. The fourth-order valence-corrected chi connectivity index (χ4v) is 3.40. The molecule has 3 N–H and O–H groups in total. The average Bonchev–Trinajstić information content (AvgIpc) is 3.37. The predicted octanol–water partition coefficient (Wildman–Crippen LogP) is 3.24. The van der Waals surface area contributed by atoms with E-state index in [1.165, 1.54) is 0 Å². The molecule has 27 heavy (non-hydrogen) atoms. The minimum absolute atomic E-state index is 0.0157. The lowest BCUT2D eigenvalue weighted by Gasteiger charge is -2.41. The lowest BCUT2D eigenvalue weighted by atomic mass is 10.1. The van der Waals surface area contributed by atoms with E-state index in [1.807, 2.05) is 56.9 Å². The number of hydrogen-bond donors (Lipinski definition) is 3. The number of rotatable bonds is 4. The van der Waals surface area contributed by atoms with Crippen molar-refractivity contribution in [2.45, 2.75) is 64.3 Å². The topological polar surface area (TPSA) is 82.7 Å². The van der Waals surface area contributed by atoms with Crippen molar-refractivity contribution in [3.8, 4) is 0 Å². The largest absolute Gasteiger partial charge is 0.369 e. The smallest absolute Gasteiger partial charge is 0.319 e. The number of morpholine rings is 1. The molecule has 2 fully saturated rings. The van der Waals surface area contributed by atoms with Gasteiger partial charge in [0.05, 0.1) is 24.3 Å². The summed E-state index contributed by atoms with van der Waals surface area (Å²) in [5.74, 6) is 0. The van der Waals surface area contributed by atoms with Gasteiger partial charge in [0.1, 0.15) is 0 Å². The van der Waals surface area contributed by atoms with Gasteiger partial charge < -0.3 is 25.6 Å². The van der Waals surface area contributed by atoms with E-state index in [0.717, 1.165) is 24.1 Å². The SMILES string of the molecule is CC1CN(C(=O)NC(C)c2ccc(NC(=O)NC3CC3)cc2)CC(C)(C)O1. The second kappa shape index (κ2) is 7.76. The van der Waals surface area contributed by atoms with Crippen LogP contribution in [0.3, 0.4) is 0 Å². The normalized spacial score (nSPS) is 22.7. The van der Waals surface area contributed by atoms with Crippen molar-refractivity contribution in [1.29, 1.82) is 0 Å². The van der Waals surface area contributed by atoms with Crippen molar-refractivity contribution in [2.75, 3.05) is 18.4 Å². The summed E-state index contributed by atoms with van der Waals surface area (Å²) in [6, 6.07) is 7.48. The van der Waals surface area contributed by atoms with Crippen LogP contribution in [0.2, 0.25) is 0 Å². The minimum atomic E-state index is -0.341. The highest BCUT2D eigenvalue weighted by atomic mass is 16.5. The molecule has 2 atom stereocenters. The fourth-order valence-electron chi connectivity index (χ4n) is 3.40. The molecule has 1 aliphatic carbocycles. The number of anilines is 1. The maximum absolute atomic E-state index is 12.6. The highest BCUT2D eigenvalue weighted by Crippen LogP contribution is 2.22. The van der Waals surface area contributed by atoms with Crippen molar-refractivity contribution >= 4 is 17.7 Å². The first-order chi connectivity index (χ1) is 12.7. The standard InChI is InChI=1S/C20H30N4O3/c1-13-11-24(12-20(3,4)27-13)19(26)21-14(2)15-5-7-16(8-6-15)22-18(25)23-17-9-10-17/h5-8,13-14,17H,9-12H2,1-4H3,(H,21,26)(H2,22,23,25). The maximum atomic E-state index is 12.6. The van der Waals surface area contributed by atoms with E-state index >= 15 is 0 Å². The Kier molecular flexibility index (Phi) is 5.60. The summed E-state index contributed by atoms with van der Waals surface area (Å²) in [5.41, 5.74) is 1.38. The molecule has 1 saturated carbocycles. The van der Waals surface area contributed by atoms with Crippen LogP contribution in [-0.2, 0) is 4.74 Å². The lowest BCUT2D eigenvalue weighted by Crippen LogP contribution is -2.56. The average molecular weight is 374 g/mol. The molecule has 1 heterocycles. The second-order valence-electron chi connectivity index (χ2n) is 8.23. The quantitative estimate of drug-likeness (QED) is 0.757. The van der Waals surface area contributed by atoms with E-state index < -0.39 is 0 Å². The van der Waals surface area contributed by atoms with Gasteiger partial charge >= 0.3 is 12.1 Å². The van der Waals surface area contributed by atoms with Crippen LogP contribution < -0.4 is 16.0 Å². The Morgan fingerprint density at radius 3 is 2.48 bits per heavy atom. The number of urea groups is 2. The zero-order valence-electron chi connectivity index (χ0n) is 16.5. The lowest BCUT2D eigenvalue weighted by molar-refractivity contribution is -0.117. The zero-order valence-corrected chi connectivity index (χ0v) is 16.5. The van der Waals surface area contributed by atoms with Gasteiger partial charge in [-0.25, -0.2) is 9.59 Å². The van der Waals surface area contributed by atoms with E-state index in [1.54, 1.807) is 0 Å². The summed E-state index contributed by atoms with van der Waals surface area (Å²) in [6.07, 6.45) is 2.13. The molecule has 0 aromatic heterocycles. The summed E-state index contributed by atoms with van der Waals surface area (Å²) in [7, 11) is 0. The molecule has 0 radical (unpaired) electrons. The van der Waals surface area contributed by atoms with Crippen LogP contribution >= 0.6 is 0 Å². The third kappa shape index (κ3) is 5.60. The predicted molar refractivity (Wildman–Crippen MR) is 105 cm³/mol. The third-order valence-corrected chi connectivity index (χ3v) is 4.78. The first-order valence-electron chi connectivity index (χ1n) is 9.62. The Hall–Kier alpha value is -2.28. The molecule has 1 aromatic carbocycles. The molecule has 0 spiro atoms. The highest BCUT2D eigenvalue weighted by molar-refractivity contribution is 5.89. The van der Waals surface area contributed by atoms with Crippen LogP contribution in [0.25, 0.3) is 0 Å². The highest BCUT2D eigenvalue weighted by Gasteiger charge is 2.34. The Morgan fingerprint density at radius 2 is 1.89 bits per heavy atom. The third-order valence-electron chi connectivity index (χ3n) is 4.78. The van der Waals surface area contributed by atoms with Gasteiger partial charge in [-0.15, -0.1) is 0 Å². The molecular formula is C20H30N4O3. The van der Waals surface area contributed by atoms with Crippen molar-refractivity contribution in [3.63, 3.8) is 0 Å². The van der Waals surface area contributed by atoms with Crippen molar-refractivity contribution < 1.29 is 14.3 Å². The van der Waals surface area contributed by atoms with Gasteiger partial charge in [-0.2, -0.15) is 0 Å². The van der Waals surface area contributed by atoms with Crippen LogP contribution in [0, 0.1) is 0 Å². The zero-order chi connectivity index (χ0) is 19.6. The van der Waals surface area contributed by atoms with Crippen LogP contribution in [0.4, 0.5) is 15.3 Å². The monoisotopic (exact) mass is 374 g/mol. The van der Waals surface area contributed by atoms with Crippen molar-refractivity contribution in [2.24, 2.45) is 0 Å². The summed E-state index contributed by atoms with van der Waals surface area (Å²) >= 11 is 0. The van der Waals surface area contributed by atoms with E-state index in [-0.39, 0.29) is 29.8 Å². The van der Waals surface area contributed by atoms with Gasteiger partial charge in [0.15, 0.2) is 0 Å². The molecule has 148 valence electrons. The van der Waals surface area contributed by atoms with Crippen LogP contribution in [0.5, 0.6) is 0 Å². The number of nitrogens with one attached hydrogen (secondary N) is 3. The van der Waals surface area contributed by atoms with Crippen molar-refractivity contribution in [3.05, 3.63) is 29.8 Å². The Balaban J connectivity index is 1.53. The molecule has 0 bridgehead atoms. The second-order valence-corrected chi connectivity index (χ2v) is 8.23. The first-order valence-corrected chi connectivity index (χ1v) is 9.62. The molecule has 2 unspecified atom stereocenters. The molecule has 1 aliphatic heterocycles. The summed E-state index contributed by atoms with van der Waals surface area (Å²) < 4.78 is 5.86. The number of hydrogen-bond acceptors (Lipinski definition) is 3. The molecule has 4 amide bonds. The number of carbonyl (C=O) groups excluding carboxylic acids is 2. The maximum Gasteiger partial charge on any atom is 0.319 e. The molecule has 1 saturated heterocycles. The Bertz CT molecular complexity index is 685. The van der Waals surface area contributed by atoms with Crippen LogP contribution in [0.1, 0.15) is 52.1 Å². The summed E-state index contributed by atoms with van der Waals surface area (Å²) in [5, 5.41) is 8.77. The minimum Gasteiger partial charge on any atom is -0.369 e. The Labute approximate surface area is 160 Å². The van der Waals surface area contributed by atoms with E-state index in [0.29, 0.717) is 19.1 Å². The van der Waals surface area contributed by atoms with Gasteiger partial charge in [-0.05, 0) is 58.2 Å². The van der Waals surface area contributed by atoms with E-state index in [4.69, 9.17) is 4.74 Å². The number of ether oxygens (including phenoxy) is 1. The summed E-state index contributed by atoms with van der Waals surface area (Å²) in [4.78, 5) is 26.2. The molecular weight excluding hydrogens is 344 g/mol. The van der Waals surface area contributed by atoms with E-state index in [9.17, 15) is 9.59 Å². The number of nitrogens with zero attached hydrogens (tertiary/aromatic N) is 1. The molecule has 7 nitrogen and oxygen atoms in total.